The summed E-state index contributed by atoms with van der Waals surface area (Å²) in [6.07, 6.45) is 3.77. The highest BCUT2D eigenvalue weighted by Crippen LogP contribution is 2.22. The standard InChI is InChI=1S/C25H32F2N4O4S/c1-18(25(33)28-22-6-4-5-7-22)30(16-19-8-10-20(26)11-9-19)24(32)17-31(36(34,35)29(2)3)23-14-12-21(27)13-15-23/h8-15,18,22H,4-7,16-17H2,1-3H3,(H,28,33). The van der Waals surface area contributed by atoms with Gasteiger partial charge in [-0.1, -0.05) is 25.0 Å². The van der Waals surface area contributed by atoms with Gasteiger partial charge in [0.2, 0.25) is 11.8 Å². The third kappa shape index (κ3) is 6.79. The van der Waals surface area contributed by atoms with Crippen LogP contribution >= 0.6 is 0 Å². The molecule has 0 aliphatic heterocycles. The average Bonchev–Trinajstić information content (AvgIpc) is 3.35. The summed E-state index contributed by atoms with van der Waals surface area (Å²) in [5.74, 6) is -1.98. The summed E-state index contributed by atoms with van der Waals surface area (Å²) in [6.45, 7) is 0.931. The lowest BCUT2D eigenvalue weighted by atomic mass is 10.1. The number of halogens is 2. The molecular weight excluding hydrogens is 490 g/mol. The smallest absolute Gasteiger partial charge is 0.304 e. The average molecular weight is 523 g/mol. The number of carbonyl (C=O) groups excluding carboxylic acids is 2. The van der Waals surface area contributed by atoms with Crippen molar-refractivity contribution in [2.45, 2.75) is 51.2 Å². The van der Waals surface area contributed by atoms with Gasteiger partial charge in [0.15, 0.2) is 0 Å². The first kappa shape index (κ1) is 27.5. The van der Waals surface area contributed by atoms with Crippen molar-refractivity contribution in [3.05, 3.63) is 65.7 Å². The Hall–Kier alpha value is -3.05. The van der Waals surface area contributed by atoms with Gasteiger partial charge in [-0.3, -0.25) is 9.59 Å². The lowest BCUT2D eigenvalue weighted by Crippen LogP contribution is -2.53. The van der Waals surface area contributed by atoms with Crippen LogP contribution in [0.1, 0.15) is 38.2 Å². The lowest BCUT2D eigenvalue weighted by Gasteiger charge is -2.33. The predicted octanol–water partition coefficient (Wildman–Crippen LogP) is 3.05. The molecule has 2 aromatic carbocycles. The minimum atomic E-state index is -4.13. The summed E-state index contributed by atoms with van der Waals surface area (Å²) >= 11 is 0. The van der Waals surface area contributed by atoms with Gasteiger partial charge in [0.25, 0.3) is 0 Å². The van der Waals surface area contributed by atoms with E-state index in [4.69, 9.17) is 0 Å². The molecular formula is C25H32F2N4O4S. The van der Waals surface area contributed by atoms with E-state index < -0.39 is 40.3 Å². The Morgan fingerprint density at radius 2 is 1.50 bits per heavy atom. The maximum atomic E-state index is 13.6. The van der Waals surface area contributed by atoms with Crippen molar-refractivity contribution in [2.75, 3.05) is 24.9 Å². The number of benzene rings is 2. The minimum Gasteiger partial charge on any atom is -0.352 e. The van der Waals surface area contributed by atoms with E-state index in [9.17, 15) is 26.8 Å². The second-order valence-electron chi connectivity index (χ2n) is 9.09. The molecule has 11 heteroatoms. The van der Waals surface area contributed by atoms with Gasteiger partial charge in [-0.15, -0.1) is 0 Å². The highest BCUT2D eigenvalue weighted by atomic mass is 32.2. The maximum Gasteiger partial charge on any atom is 0.304 e. The molecule has 1 saturated carbocycles. The molecule has 0 heterocycles. The number of nitrogens with zero attached hydrogens (tertiary/aromatic N) is 3. The summed E-state index contributed by atoms with van der Waals surface area (Å²) in [5, 5.41) is 2.97. The highest BCUT2D eigenvalue weighted by molar-refractivity contribution is 7.90. The number of anilines is 1. The molecule has 1 atom stereocenters. The van der Waals surface area contributed by atoms with E-state index >= 15 is 0 Å². The van der Waals surface area contributed by atoms with Gasteiger partial charge in [0, 0.05) is 26.7 Å². The first-order valence-electron chi connectivity index (χ1n) is 11.8. The number of carbonyl (C=O) groups is 2. The van der Waals surface area contributed by atoms with E-state index in [0.29, 0.717) is 5.56 Å². The molecule has 2 amide bonds. The quantitative estimate of drug-likeness (QED) is 0.520. The first-order valence-corrected chi connectivity index (χ1v) is 13.2. The van der Waals surface area contributed by atoms with Gasteiger partial charge in [0.05, 0.1) is 5.69 Å². The molecule has 0 aromatic heterocycles. The topological polar surface area (TPSA) is 90.0 Å². The number of nitrogens with one attached hydrogen (secondary N) is 1. The fourth-order valence-electron chi connectivity index (χ4n) is 4.09. The van der Waals surface area contributed by atoms with E-state index in [1.807, 2.05) is 0 Å². The van der Waals surface area contributed by atoms with E-state index in [2.05, 4.69) is 5.32 Å². The summed E-state index contributed by atoms with van der Waals surface area (Å²) in [6, 6.07) is 9.38. The van der Waals surface area contributed by atoms with Crippen LogP contribution in [0, 0.1) is 11.6 Å². The number of rotatable bonds is 10. The van der Waals surface area contributed by atoms with Gasteiger partial charge in [-0.05, 0) is 61.7 Å². The normalized spacial score (nSPS) is 15.1. The SMILES string of the molecule is CC(C(=O)NC1CCCC1)N(Cc1ccc(F)cc1)C(=O)CN(c1ccc(F)cc1)S(=O)(=O)N(C)C. The minimum absolute atomic E-state index is 0.0301. The Morgan fingerprint density at radius 3 is 2.03 bits per heavy atom. The predicted molar refractivity (Wildman–Crippen MR) is 133 cm³/mol. The van der Waals surface area contributed by atoms with E-state index in [1.54, 1.807) is 6.92 Å². The van der Waals surface area contributed by atoms with Crippen molar-refractivity contribution in [3.8, 4) is 0 Å². The van der Waals surface area contributed by atoms with Gasteiger partial charge in [-0.2, -0.15) is 12.7 Å². The Kier molecular flexibility index (Phi) is 9.02. The zero-order valence-corrected chi connectivity index (χ0v) is 21.5. The molecule has 196 valence electrons. The molecule has 36 heavy (non-hydrogen) atoms. The van der Waals surface area contributed by atoms with Crippen molar-refractivity contribution in [1.29, 1.82) is 0 Å². The molecule has 1 unspecified atom stereocenters. The first-order chi connectivity index (χ1) is 17.0. The zero-order valence-electron chi connectivity index (χ0n) is 20.7. The second kappa shape index (κ2) is 11.8. The van der Waals surface area contributed by atoms with Crippen LogP contribution in [0.4, 0.5) is 14.5 Å². The van der Waals surface area contributed by atoms with Crippen molar-refractivity contribution in [1.82, 2.24) is 14.5 Å². The van der Waals surface area contributed by atoms with Crippen molar-refractivity contribution in [2.24, 2.45) is 0 Å². The van der Waals surface area contributed by atoms with Gasteiger partial charge >= 0.3 is 10.2 Å². The molecule has 1 aliphatic carbocycles. The van der Waals surface area contributed by atoms with Gasteiger partial charge < -0.3 is 10.2 Å². The van der Waals surface area contributed by atoms with E-state index in [-0.39, 0.29) is 24.2 Å². The molecule has 8 nitrogen and oxygen atoms in total. The number of hydrogen-bond acceptors (Lipinski definition) is 4. The molecule has 2 aromatic rings. The van der Waals surface area contributed by atoms with Crippen LogP contribution in [0.5, 0.6) is 0 Å². The highest BCUT2D eigenvalue weighted by Gasteiger charge is 2.33. The van der Waals surface area contributed by atoms with Crippen molar-refractivity contribution >= 4 is 27.7 Å². The molecule has 0 bridgehead atoms. The van der Waals surface area contributed by atoms with Crippen LogP contribution in [-0.4, -0.2) is 62.2 Å². The monoisotopic (exact) mass is 522 g/mol. The van der Waals surface area contributed by atoms with Crippen LogP contribution in [-0.2, 0) is 26.3 Å². The largest absolute Gasteiger partial charge is 0.352 e. The van der Waals surface area contributed by atoms with Crippen LogP contribution in [0.25, 0.3) is 0 Å². The Morgan fingerprint density at radius 1 is 0.972 bits per heavy atom. The third-order valence-electron chi connectivity index (χ3n) is 6.27. The van der Waals surface area contributed by atoms with Crippen molar-refractivity contribution < 1.29 is 26.8 Å². The Labute approximate surface area is 211 Å². The van der Waals surface area contributed by atoms with Crippen LogP contribution in [0.15, 0.2) is 48.5 Å². The summed E-state index contributed by atoms with van der Waals surface area (Å²) in [7, 11) is -1.48. The molecule has 3 rings (SSSR count). The molecule has 1 N–H and O–H groups in total. The van der Waals surface area contributed by atoms with E-state index in [1.165, 1.54) is 55.4 Å². The van der Waals surface area contributed by atoms with Gasteiger partial charge in [-0.25, -0.2) is 13.1 Å². The zero-order chi connectivity index (χ0) is 26.5. The molecule has 0 saturated heterocycles. The van der Waals surface area contributed by atoms with E-state index in [0.717, 1.165) is 46.4 Å². The summed E-state index contributed by atoms with van der Waals surface area (Å²) in [5.41, 5.74) is 0.678. The third-order valence-corrected chi connectivity index (χ3v) is 8.09. The Balaban J connectivity index is 1.91. The molecule has 1 fully saturated rings. The fourth-order valence-corrected chi connectivity index (χ4v) is 5.14. The molecule has 1 aliphatic rings. The fraction of sp³-hybridized carbons (Fsp3) is 0.440. The van der Waals surface area contributed by atoms with Crippen molar-refractivity contribution in [3.63, 3.8) is 0 Å². The van der Waals surface area contributed by atoms with Crippen LogP contribution in [0.2, 0.25) is 0 Å². The van der Waals surface area contributed by atoms with Crippen LogP contribution < -0.4 is 9.62 Å². The molecule has 0 spiro atoms. The maximum absolute atomic E-state index is 13.6. The Bertz CT molecular complexity index is 1150. The van der Waals surface area contributed by atoms with Gasteiger partial charge in [0.1, 0.15) is 24.2 Å². The lowest BCUT2D eigenvalue weighted by molar-refractivity contribution is -0.139. The molecule has 0 radical (unpaired) electrons. The van der Waals surface area contributed by atoms with Crippen LogP contribution in [0.3, 0.4) is 0 Å². The number of amides is 2. The summed E-state index contributed by atoms with van der Waals surface area (Å²) < 4.78 is 54.9. The second-order valence-corrected chi connectivity index (χ2v) is 11.2. The number of hydrogen-bond donors (Lipinski definition) is 1. The summed E-state index contributed by atoms with van der Waals surface area (Å²) in [4.78, 5) is 27.9.